The van der Waals surface area contributed by atoms with Gasteiger partial charge in [-0.25, -0.2) is 9.37 Å². The molecule has 0 aliphatic rings. The Balaban J connectivity index is 1.73. The number of halogens is 1. The number of carbonyl (C=O) groups excluding carboxylic acids is 1. The molecule has 0 saturated heterocycles. The monoisotopic (exact) mass is 340 g/mol. The third kappa shape index (κ3) is 3.86. The largest absolute Gasteiger partial charge is 0.326 e. The third-order valence-corrected chi connectivity index (χ3v) is 4.54. The van der Waals surface area contributed by atoms with E-state index in [2.05, 4.69) is 10.3 Å². The first-order valence-electron chi connectivity index (χ1n) is 7.60. The fourth-order valence-corrected chi connectivity index (χ4v) is 3.42. The van der Waals surface area contributed by atoms with Gasteiger partial charge in [-0.3, -0.25) is 4.79 Å². The first-order valence-corrected chi connectivity index (χ1v) is 8.41. The van der Waals surface area contributed by atoms with Gasteiger partial charge in [-0.2, -0.15) is 0 Å². The average molecular weight is 340 g/mol. The average Bonchev–Trinajstić information content (AvgIpc) is 2.88. The lowest BCUT2D eigenvalue weighted by Gasteiger charge is -2.04. The second kappa shape index (κ2) is 6.93. The van der Waals surface area contributed by atoms with Crippen molar-refractivity contribution in [3.63, 3.8) is 0 Å². The summed E-state index contributed by atoms with van der Waals surface area (Å²) in [5, 5.41) is 3.63. The molecule has 3 rings (SSSR count). The summed E-state index contributed by atoms with van der Waals surface area (Å²) >= 11 is 1.49. The fraction of sp³-hybridized carbons (Fsp3) is 0.158. The molecule has 0 radical (unpaired) electrons. The van der Waals surface area contributed by atoms with Crippen LogP contribution in [0.1, 0.15) is 15.4 Å². The van der Waals surface area contributed by atoms with Crippen molar-refractivity contribution in [2.75, 3.05) is 5.32 Å². The molecule has 0 spiro atoms. The van der Waals surface area contributed by atoms with Gasteiger partial charge in [0.15, 0.2) is 0 Å². The van der Waals surface area contributed by atoms with Crippen LogP contribution in [0.5, 0.6) is 0 Å². The second-order valence-electron chi connectivity index (χ2n) is 5.61. The molecule has 3 nitrogen and oxygen atoms in total. The molecule has 1 aromatic heterocycles. The van der Waals surface area contributed by atoms with Gasteiger partial charge in [0.05, 0.1) is 12.1 Å². The third-order valence-electron chi connectivity index (χ3n) is 3.57. The Hall–Kier alpha value is -2.53. The molecule has 0 bridgehead atoms. The molecule has 0 atom stereocenters. The highest BCUT2D eigenvalue weighted by Gasteiger charge is 2.13. The van der Waals surface area contributed by atoms with E-state index in [1.165, 1.54) is 23.5 Å². The number of hydrogen-bond donors (Lipinski definition) is 1. The number of benzene rings is 2. The lowest BCUT2D eigenvalue weighted by Crippen LogP contribution is -2.14. The highest BCUT2D eigenvalue weighted by Crippen LogP contribution is 2.28. The Bertz CT molecular complexity index is 871. The Labute approximate surface area is 144 Å². The van der Waals surface area contributed by atoms with E-state index in [1.807, 2.05) is 38.1 Å². The molecule has 3 aromatic rings. The van der Waals surface area contributed by atoms with Crippen molar-refractivity contribution < 1.29 is 9.18 Å². The number of aryl methyl sites for hydroxylation is 2. The van der Waals surface area contributed by atoms with Crippen LogP contribution in [0.3, 0.4) is 0 Å². The molecule has 24 heavy (non-hydrogen) atoms. The summed E-state index contributed by atoms with van der Waals surface area (Å²) in [6, 6.07) is 13.9. The van der Waals surface area contributed by atoms with Crippen molar-refractivity contribution in [3.05, 3.63) is 69.8 Å². The van der Waals surface area contributed by atoms with E-state index in [0.717, 1.165) is 32.4 Å². The maximum atomic E-state index is 13.0. The van der Waals surface area contributed by atoms with Crippen LogP contribution in [0.15, 0.2) is 48.5 Å². The van der Waals surface area contributed by atoms with Crippen LogP contribution in [-0.4, -0.2) is 10.9 Å². The first kappa shape index (κ1) is 16.3. The van der Waals surface area contributed by atoms with Gasteiger partial charge < -0.3 is 5.32 Å². The zero-order chi connectivity index (χ0) is 17.1. The van der Waals surface area contributed by atoms with E-state index in [1.54, 1.807) is 12.1 Å². The number of rotatable bonds is 4. The van der Waals surface area contributed by atoms with Crippen LogP contribution in [-0.2, 0) is 11.2 Å². The number of carbonyl (C=O) groups is 1. The molecule has 122 valence electrons. The van der Waals surface area contributed by atoms with Gasteiger partial charge in [-0.05, 0) is 55.8 Å². The zero-order valence-corrected chi connectivity index (χ0v) is 14.3. The maximum Gasteiger partial charge on any atom is 0.231 e. The molecule has 0 aliphatic carbocycles. The van der Waals surface area contributed by atoms with Crippen LogP contribution in [0, 0.1) is 19.7 Å². The molecule has 0 fully saturated rings. The first-order chi connectivity index (χ1) is 11.5. The predicted molar refractivity (Wildman–Crippen MR) is 95.8 cm³/mol. The quantitative estimate of drug-likeness (QED) is 0.745. The minimum atomic E-state index is -0.274. The molecule has 1 N–H and O–H groups in total. The highest BCUT2D eigenvalue weighted by molar-refractivity contribution is 7.12. The van der Waals surface area contributed by atoms with Crippen molar-refractivity contribution in [1.29, 1.82) is 0 Å². The minimum Gasteiger partial charge on any atom is -0.326 e. The van der Waals surface area contributed by atoms with Crippen molar-refractivity contribution in [3.8, 4) is 11.3 Å². The van der Waals surface area contributed by atoms with Gasteiger partial charge in [-0.1, -0.05) is 12.1 Å². The Morgan fingerprint density at radius 1 is 1.17 bits per heavy atom. The van der Waals surface area contributed by atoms with E-state index >= 15 is 0 Å². The second-order valence-corrected chi connectivity index (χ2v) is 6.90. The summed E-state index contributed by atoms with van der Waals surface area (Å²) < 4.78 is 13.0. The minimum absolute atomic E-state index is 0.0972. The number of anilines is 1. The van der Waals surface area contributed by atoms with Crippen LogP contribution in [0.4, 0.5) is 10.1 Å². The Kier molecular flexibility index (Phi) is 4.71. The van der Waals surface area contributed by atoms with E-state index in [0.29, 0.717) is 0 Å². The summed E-state index contributed by atoms with van der Waals surface area (Å²) in [5.41, 5.74) is 3.54. The van der Waals surface area contributed by atoms with E-state index < -0.39 is 0 Å². The zero-order valence-electron chi connectivity index (χ0n) is 13.5. The van der Waals surface area contributed by atoms with Gasteiger partial charge >= 0.3 is 0 Å². The summed E-state index contributed by atoms with van der Waals surface area (Å²) in [4.78, 5) is 17.8. The summed E-state index contributed by atoms with van der Waals surface area (Å²) in [5.74, 6) is -0.371. The Morgan fingerprint density at radius 2 is 1.92 bits per heavy atom. The lowest BCUT2D eigenvalue weighted by atomic mass is 10.1. The van der Waals surface area contributed by atoms with Crippen molar-refractivity contribution in [2.45, 2.75) is 20.3 Å². The van der Waals surface area contributed by atoms with Gasteiger partial charge in [0.25, 0.3) is 0 Å². The van der Waals surface area contributed by atoms with E-state index in [-0.39, 0.29) is 18.1 Å². The van der Waals surface area contributed by atoms with Gasteiger partial charge in [0, 0.05) is 16.1 Å². The molecule has 1 heterocycles. The molecular weight excluding hydrogens is 323 g/mol. The smallest absolute Gasteiger partial charge is 0.231 e. The van der Waals surface area contributed by atoms with Crippen LogP contribution in [0.25, 0.3) is 11.3 Å². The number of nitrogens with zero attached hydrogens (tertiary/aromatic N) is 1. The van der Waals surface area contributed by atoms with Crippen LogP contribution < -0.4 is 5.32 Å². The van der Waals surface area contributed by atoms with E-state index in [9.17, 15) is 9.18 Å². The molecule has 1 amide bonds. The molecule has 0 unspecified atom stereocenters. The van der Waals surface area contributed by atoms with Gasteiger partial charge in [0.2, 0.25) is 5.91 Å². The number of thiazole rings is 1. The fourth-order valence-electron chi connectivity index (χ4n) is 2.47. The highest BCUT2D eigenvalue weighted by atomic mass is 32.1. The predicted octanol–water partition coefficient (Wildman–Crippen LogP) is 4.75. The van der Waals surface area contributed by atoms with Crippen LogP contribution >= 0.6 is 11.3 Å². The summed E-state index contributed by atoms with van der Waals surface area (Å²) in [6.07, 6.45) is 0.223. The summed E-state index contributed by atoms with van der Waals surface area (Å²) in [6.45, 7) is 3.94. The molecule has 0 aliphatic heterocycles. The van der Waals surface area contributed by atoms with Gasteiger partial charge in [-0.15, -0.1) is 11.3 Å². The number of aromatic nitrogens is 1. The van der Waals surface area contributed by atoms with Crippen molar-refractivity contribution in [2.24, 2.45) is 0 Å². The standard InChI is InChI=1S/C19H17FN2OS/c1-12-4-3-5-16(10-12)21-17(23)11-18-22-19(13(2)24-18)14-6-8-15(20)9-7-14/h3-10H,11H2,1-2H3,(H,21,23). The molecule has 0 saturated carbocycles. The molecular formula is C19H17FN2OS. The van der Waals surface area contributed by atoms with Crippen LogP contribution in [0.2, 0.25) is 0 Å². The normalized spacial score (nSPS) is 10.6. The molecule has 2 aromatic carbocycles. The number of hydrogen-bond acceptors (Lipinski definition) is 3. The number of nitrogens with one attached hydrogen (secondary N) is 1. The summed E-state index contributed by atoms with van der Waals surface area (Å²) in [7, 11) is 0. The van der Waals surface area contributed by atoms with Crippen molar-refractivity contribution in [1.82, 2.24) is 4.98 Å². The number of amides is 1. The van der Waals surface area contributed by atoms with E-state index in [4.69, 9.17) is 0 Å². The Morgan fingerprint density at radius 3 is 2.62 bits per heavy atom. The van der Waals surface area contributed by atoms with Crippen molar-refractivity contribution >= 4 is 22.9 Å². The maximum absolute atomic E-state index is 13.0. The lowest BCUT2D eigenvalue weighted by molar-refractivity contribution is -0.115. The molecule has 5 heteroatoms. The topological polar surface area (TPSA) is 42.0 Å². The van der Waals surface area contributed by atoms with Gasteiger partial charge in [0.1, 0.15) is 10.8 Å². The SMILES string of the molecule is Cc1cccc(NC(=O)Cc2nc(-c3ccc(F)cc3)c(C)s2)c1.